The van der Waals surface area contributed by atoms with Gasteiger partial charge < -0.3 is 10.6 Å². The Kier molecular flexibility index (Phi) is 5.32. The maximum absolute atomic E-state index is 11.5. The molecule has 108 valence electrons. The third-order valence-electron chi connectivity index (χ3n) is 3.20. The van der Waals surface area contributed by atoms with E-state index in [4.69, 9.17) is 0 Å². The molecule has 1 fully saturated rings. The van der Waals surface area contributed by atoms with Crippen molar-refractivity contribution in [1.29, 1.82) is 0 Å². The first-order valence-corrected chi connectivity index (χ1v) is 9.31. The highest BCUT2D eigenvalue weighted by Gasteiger charge is 2.23. The van der Waals surface area contributed by atoms with Crippen molar-refractivity contribution in [2.45, 2.75) is 25.8 Å². The Hall–Kier alpha value is -0.500. The molecule has 2 heterocycles. The van der Waals surface area contributed by atoms with E-state index in [1.807, 2.05) is 6.92 Å². The summed E-state index contributed by atoms with van der Waals surface area (Å²) in [6.45, 7) is 4.33. The lowest BCUT2D eigenvalue weighted by Gasteiger charge is -2.23. The van der Waals surface area contributed by atoms with E-state index in [1.165, 1.54) is 0 Å². The van der Waals surface area contributed by atoms with Gasteiger partial charge in [-0.15, -0.1) is 11.3 Å². The smallest absolute Gasteiger partial charge is 0.153 e. The van der Waals surface area contributed by atoms with Crippen LogP contribution in [-0.2, 0) is 16.3 Å². The molecule has 0 aliphatic carbocycles. The molecule has 1 aromatic heterocycles. The maximum atomic E-state index is 11.5. The summed E-state index contributed by atoms with van der Waals surface area (Å²) in [6, 6.07) is 0.104. The van der Waals surface area contributed by atoms with Gasteiger partial charge in [0.25, 0.3) is 0 Å². The average molecular weight is 303 g/mol. The van der Waals surface area contributed by atoms with E-state index in [9.17, 15) is 8.42 Å². The Morgan fingerprint density at radius 3 is 3.05 bits per heavy atom. The van der Waals surface area contributed by atoms with Crippen molar-refractivity contribution in [3.05, 3.63) is 16.1 Å². The van der Waals surface area contributed by atoms with Crippen molar-refractivity contribution in [3.63, 3.8) is 0 Å². The van der Waals surface area contributed by atoms with E-state index in [-0.39, 0.29) is 17.5 Å². The van der Waals surface area contributed by atoms with Crippen molar-refractivity contribution < 1.29 is 8.42 Å². The van der Waals surface area contributed by atoms with Gasteiger partial charge in [0.2, 0.25) is 0 Å². The van der Waals surface area contributed by atoms with Crippen molar-refractivity contribution in [2.24, 2.45) is 0 Å². The van der Waals surface area contributed by atoms with Crippen LogP contribution in [0, 0.1) is 6.92 Å². The van der Waals surface area contributed by atoms with E-state index < -0.39 is 9.84 Å². The largest absolute Gasteiger partial charge is 0.316 e. The Bertz CT molecular complexity index is 499. The fourth-order valence-electron chi connectivity index (χ4n) is 2.19. The molecule has 1 aliphatic heterocycles. The van der Waals surface area contributed by atoms with E-state index in [0.717, 1.165) is 36.6 Å². The molecule has 7 heteroatoms. The molecule has 0 aromatic carbocycles. The molecule has 19 heavy (non-hydrogen) atoms. The lowest BCUT2D eigenvalue weighted by molar-refractivity contribution is 0.480. The summed E-state index contributed by atoms with van der Waals surface area (Å²) in [5.74, 6) is 0.556. The molecule has 5 nitrogen and oxygen atoms in total. The molecular formula is C12H21N3O2S2. The molecule has 1 aliphatic rings. The summed E-state index contributed by atoms with van der Waals surface area (Å²) in [7, 11) is -2.81. The van der Waals surface area contributed by atoms with Gasteiger partial charge in [0, 0.05) is 30.9 Å². The number of sulfone groups is 1. The number of nitrogens with zero attached hydrogens (tertiary/aromatic N) is 1. The molecule has 1 atom stereocenters. The number of nitrogens with one attached hydrogen (secondary N) is 2. The normalized spacial score (nSPS) is 22.5. The van der Waals surface area contributed by atoms with Crippen LogP contribution in [0.5, 0.6) is 0 Å². The zero-order valence-corrected chi connectivity index (χ0v) is 12.8. The molecule has 2 N–H and O–H groups in total. The Balaban J connectivity index is 1.59. The number of hydrogen-bond donors (Lipinski definition) is 2. The lowest BCUT2D eigenvalue weighted by Crippen LogP contribution is -2.46. The second-order valence-electron chi connectivity index (χ2n) is 4.91. The molecule has 1 aromatic rings. The number of aromatic nitrogens is 1. The van der Waals surface area contributed by atoms with Crippen LogP contribution in [0.2, 0.25) is 0 Å². The van der Waals surface area contributed by atoms with Crippen LogP contribution < -0.4 is 10.6 Å². The number of hydrogen-bond acceptors (Lipinski definition) is 6. The van der Waals surface area contributed by atoms with Crippen LogP contribution in [0.1, 0.15) is 17.1 Å². The summed E-state index contributed by atoms with van der Waals surface area (Å²) in [6.07, 6.45) is 1.79. The van der Waals surface area contributed by atoms with Crippen molar-refractivity contribution >= 4 is 21.2 Å². The molecule has 0 spiro atoms. The van der Waals surface area contributed by atoms with Crippen molar-refractivity contribution in [1.82, 2.24) is 15.6 Å². The van der Waals surface area contributed by atoms with Gasteiger partial charge in [0.05, 0.1) is 22.2 Å². The van der Waals surface area contributed by atoms with E-state index in [1.54, 1.807) is 11.3 Å². The predicted octanol–water partition coefficient (Wildman–Crippen LogP) is 0.360. The summed E-state index contributed by atoms with van der Waals surface area (Å²) in [5, 5.41) is 9.80. The van der Waals surface area contributed by atoms with Gasteiger partial charge in [-0.05, 0) is 19.9 Å². The molecule has 0 saturated carbocycles. The maximum Gasteiger partial charge on any atom is 0.153 e. The zero-order valence-electron chi connectivity index (χ0n) is 11.2. The van der Waals surface area contributed by atoms with Crippen LogP contribution >= 0.6 is 11.3 Å². The molecule has 0 amide bonds. The van der Waals surface area contributed by atoms with Crippen molar-refractivity contribution in [3.8, 4) is 0 Å². The average Bonchev–Trinajstić information content (AvgIpc) is 2.73. The predicted molar refractivity (Wildman–Crippen MR) is 78.5 cm³/mol. The van der Waals surface area contributed by atoms with Gasteiger partial charge >= 0.3 is 0 Å². The first-order valence-electron chi connectivity index (χ1n) is 6.61. The molecule has 2 rings (SSSR count). The molecule has 0 radical (unpaired) electrons. The number of rotatable bonds is 6. The topological polar surface area (TPSA) is 71.1 Å². The highest BCUT2D eigenvalue weighted by molar-refractivity contribution is 7.91. The van der Waals surface area contributed by atoms with Gasteiger partial charge in [0.1, 0.15) is 0 Å². The fourth-order valence-corrected chi connectivity index (χ4v) is 4.33. The van der Waals surface area contributed by atoms with Gasteiger partial charge in [-0.25, -0.2) is 13.4 Å². The van der Waals surface area contributed by atoms with E-state index >= 15 is 0 Å². The zero-order chi connectivity index (χ0) is 13.7. The quantitative estimate of drug-likeness (QED) is 0.743. The van der Waals surface area contributed by atoms with E-state index in [0.29, 0.717) is 6.54 Å². The Morgan fingerprint density at radius 1 is 1.53 bits per heavy atom. The van der Waals surface area contributed by atoms with Crippen LogP contribution in [0.3, 0.4) is 0 Å². The Labute approximate surface area is 118 Å². The van der Waals surface area contributed by atoms with Crippen molar-refractivity contribution in [2.75, 3.05) is 31.1 Å². The third kappa shape index (κ3) is 5.18. The number of thiazole rings is 1. The summed E-state index contributed by atoms with van der Waals surface area (Å²) < 4.78 is 22.9. The van der Waals surface area contributed by atoms with Gasteiger partial charge in [-0.2, -0.15) is 0 Å². The molecule has 1 saturated heterocycles. The van der Waals surface area contributed by atoms with Crippen LogP contribution in [-0.4, -0.2) is 50.6 Å². The number of aryl methyl sites for hydroxylation is 1. The SMILES string of the molecule is Cc1nc(CCNCCC2CS(=O)(=O)CCN2)cs1. The van der Waals surface area contributed by atoms with Gasteiger partial charge in [0.15, 0.2) is 9.84 Å². The molecule has 0 bridgehead atoms. The first-order chi connectivity index (χ1) is 9.05. The standard InChI is InChI=1S/C12H21N3O2S2/c1-10-15-11(8-18-10)2-4-13-5-3-12-9-19(16,17)7-6-14-12/h8,12-14H,2-7,9H2,1H3. The summed E-state index contributed by atoms with van der Waals surface area (Å²) in [4.78, 5) is 4.40. The van der Waals surface area contributed by atoms with Gasteiger partial charge in [-0.3, -0.25) is 0 Å². The minimum Gasteiger partial charge on any atom is -0.316 e. The second kappa shape index (κ2) is 6.78. The highest BCUT2D eigenvalue weighted by atomic mass is 32.2. The summed E-state index contributed by atoms with van der Waals surface area (Å²) in [5.41, 5.74) is 1.13. The molecule has 1 unspecified atom stereocenters. The lowest BCUT2D eigenvalue weighted by atomic mass is 10.2. The van der Waals surface area contributed by atoms with Crippen LogP contribution in [0.4, 0.5) is 0 Å². The monoisotopic (exact) mass is 303 g/mol. The summed E-state index contributed by atoms with van der Waals surface area (Å²) >= 11 is 1.68. The Morgan fingerprint density at radius 2 is 2.37 bits per heavy atom. The third-order valence-corrected chi connectivity index (χ3v) is 5.75. The van der Waals surface area contributed by atoms with Gasteiger partial charge in [-0.1, -0.05) is 0 Å². The minimum atomic E-state index is -2.81. The minimum absolute atomic E-state index is 0.104. The van der Waals surface area contributed by atoms with Crippen LogP contribution in [0.15, 0.2) is 5.38 Å². The second-order valence-corrected chi connectivity index (χ2v) is 8.20. The van der Waals surface area contributed by atoms with E-state index in [2.05, 4.69) is 21.0 Å². The van der Waals surface area contributed by atoms with Crippen LogP contribution in [0.25, 0.3) is 0 Å². The molecular weight excluding hydrogens is 282 g/mol. The fraction of sp³-hybridized carbons (Fsp3) is 0.750. The highest BCUT2D eigenvalue weighted by Crippen LogP contribution is 2.08. The first kappa shape index (κ1) is 14.9.